The van der Waals surface area contributed by atoms with Crippen LogP contribution < -0.4 is 10.6 Å². The van der Waals surface area contributed by atoms with Crippen molar-refractivity contribution < 1.29 is 4.79 Å². The molecule has 2 amide bonds. The standard InChI is InChI=1S/C14H19N3O/c1-10-7-11-8-15-9-13(11)17(10)14(18)16-12-5-3-2-4-6-12/h2-6,10-11,13,15H,7-9H2,1H3,(H,16,18). The van der Waals surface area contributed by atoms with Crippen LogP contribution in [-0.4, -0.2) is 36.1 Å². The molecule has 3 atom stereocenters. The highest BCUT2D eigenvalue weighted by atomic mass is 16.2. The van der Waals surface area contributed by atoms with E-state index in [1.807, 2.05) is 35.2 Å². The molecule has 96 valence electrons. The number of rotatable bonds is 1. The van der Waals surface area contributed by atoms with Crippen LogP contribution in [0.4, 0.5) is 10.5 Å². The van der Waals surface area contributed by atoms with Gasteiger partial charge in [0.1, 0.15) is 0 Å². The third-order valence-electron chi connectivity index (χ3n) is 4.04. The number of carbonyl (C=O) groups is 1. The smallest absolute Gasteiger partial charge is 0.317 e. The van der Waals surface area contributed by atoms with E-state index in [9.17, 15) is 4.79 Å². The molecule has 2 aliphatic rings. The van der Waals surface area contributed by atoms with Crippen molar-refractivity contribution in [1.82, 2.24) is 10.2 Å². The third-order valence-corrected chi connectivity index (χ3v) is 4.04. The first-order valence-corrected chi connectivity index (χ1v) is 6.61. The molecule has 0 aromatic heterocycles. The van der Waals surface area contributed by atoms with Crippen LogP contribution in [0.25, 0.3) is 0 Å². The number of hydrogen-bond donors (Lipinski definition) is 2. The topological polar surface area (TPSA) is 44.4 Å². The molecule has 2 aliphatic heterocycles. The molecule has 3 rings (SSSR count). The molecule has 3 unspecified atom stereocenters. The van der Waals surface area contributed by atoms with Gasteiger partial charge in [0.05, 0.1) is 6.04 Å². The SMILES string of the molecule is CC1CC2CNCC2N1C(=O)Nc1ccccc1. The number of nitrogens with one attached hydrogen (secondary N) is 2. The fraction of sp³-hybridized carbons (Fsp3) is 0.500. The first-order valence-electron chi connectivity index (χ1n) is 6.61. The van der Waals surface area contributed by atoms with Crippen LogP contribution in [0.2, 0.25) is 0 Å². The molecule has 2 fully saturated rings. The number of fused-ring (bicyclic) bond motifs is 1. The largest absolute Gasteiger partial charge is 0.322 e. The highest BCUT2D eigenvalue weighted by molar-refractivity contribution is 5.90. The molecule has 2 saturated heterocycles. The highest BCUT2D eigenvalue weighted by Gasteiger charge is 2.44. The monoisotopic (exact) mass is 245 g/mol. The van der Waals surface area contributed by atoms with Crippen molar-refractivity contribution in [3.8, 4) is 0 Å². The molecular weight excluding hydrogens is 226 g/mol. The minimum Gasteiger partial charge on any atom is -0.317 e. The molecule has 4 heteroatoms. The fourth-order valence-electron chi connectivity index (χ4n) is 3.22. The Morgan fingerprint density at radius 2 is 2.11 bits per heavy atom. The maximum absolute atomic E-state index is 12.4. The van der Waals surface area contributed by atoms with Crippen LogP contribution in [0.5, 0.6) is 0 Å². The maximum Gasteiger partial charge on any atom is 0.322 e. The first kappa shape index (κ1) is 11.5. The van der Waals surface area contributed by atoms with Crippen molar-refractivity contribution in [3.05, 3.63) is 30.3 Å². The van der Waals surface area contributed by atoms with Gasteiger partial charge >= 0.3 is 6.03 Å². The molecule has 4 nitrogen and oxygen atoms in total. The van der Waals surface area contributed by atoms with E-state index in [2.05, 4.69) is 17.6 Å². The number of nitrogens with zero attached hydrogens (tertiary/aromatic N) is 1. The Kier molecular flexibility index (Phi) is 2.96. The summed E-state index contributed by atoms with van der Waals surface area (Å²) in [4.78, 5) is 14.4. The van der Waals surface area contributed by atoms with Gasteiger partial charge in [0, 0.05) is 24.8 Å². The zero-order chi connectivity index (χ0) is 12.5. The van der Waals surface area contributed by atoms with Crippen molar-refractivity contribution in [2.75, 3.05) is 18.4 Å². The van der Waals surface area contributed by atoms with Gasteiger partial charge in [-0.3, -0.25) is 0 Å². The lowest BCUT2D eigenvalue weighted by atomic mass is 10.0. The summed E-state index contributed by atoms with van der Waals surface area (Å²) in [5, 5.41) is 6.36. The van der Waals surface area contributed by atoms with E-state index in [1.54, 1.807) is 0 Å². The first-order chi connectivity index (χ1) is 8.75. The number of benzene rings is 1. The van der Waals surface area contributed by atoms with Gasteiger partial charge in [-0.25, -0.2) is 4.79 Å². The molecule has 18 heavy (non-hydrogen) atoms. The number of hydrogen-bond acceptors (Lipinski definition) is 2. The van der Waals surface area contributed by atoms with Crippen LogP contribution in [-0.2, 0) is 0 Å². The average Bonchev–Trinajstić information content (AvgIpc) is 2.89. The summed E-state index contributed by atoms with van der Waals surface area (Å²) >= 11 is 0. The molecule has 1 aromatic rings. The minimum absolute atomic E-state index is 0.0323. The quantitative estimate of drug-likeness (QED) is 0.793. The van der Waals surface area contributed by atoms with E-state index in [0.717, 1.165) is 25.2 Å². The van der Waals surface area contributed by atoms with Crippen molar-refractivity contribution in [2.45, 2.75) is 25.4 Å². The van der Waals surface area contributed by atoms with E-state index in [4.69, 9.17) is 0 Å². The lowest BCUT2D eigenvalue weighted by Gasteiger charge is -2.27. The highest BCUT2D eigenvalue weighted by Crippen LogP contribution is 2.32. The molecule has 0 saturated carbocycles. The van der Waals surface area contributed by atoms with E-state index in [-0.39, 0.29) is 6.03 Å². The number of urea groups is 1. The summed E-state index contributed by atoms with van der Waals surface area (Å²) in [6, 6.07) is 10.4. The molecule has 0 spiro atoms. The summed E-state index contributed by atoms with van der Waals surface area (Å²) in [6.07, 6.45) is 1.11. The van der Waals surface area contributed by atoms with Crippen molar-refractivity contribution in [1.29, 1.82) is 0 Å². The molecule has 0 radical (unpaired) electrons. The second-order valence-electron chi connectivity index (χ2n) is 5.27. The molecule has 0 aliphatic carbocycles. The number of para-hydroxylation sites is 1. The third kappa shape index (κ3) is 1.97. The minimum atomic E-state index is 0.0323. The second kappa shape index (κ2) is 4.61. The summed E-state index contributed by atoms with van der Waals surface area (Å²) in [5.41, 5.74) is 0.865. The Morgan fingerprint density at radius 1 is 1.33 bits per heavy atom. The molecule has 0 bridgehead atoms. The van der Waals surface area contributed by atoms with Crippen molar-refractivity contribution in [2.24, 2.45) is 5.92 Å². The molecule has 2 heterocycles. The Labute approximate surface area is 107 Å². The second-order valence-corrected chi connectivity index (χ2v) is 5.27. The Bertz CT molecular complexity index is 434. The van der Waals surface area contributed by atoms with Gasteiger partial charge in [-0.2, -0.15) is 0 Å². The lowest BCUT2D eigenvalue weighted by Crippen LogP contribution is -2.45. The Balaban J connectivity index is 1.72. The number of carbonyl (C=O) groups excluding carboxylic acids is 1. The average molecular weight is 245 g/mol. The predicted octanol–water partition coefficient (Wildman–Crippen LogP) is 1.90. The lowest BCUT2D eigenvalue weighted by molar-refractivity contribution is 0.190. The fourth-order valence-corrected chi connectivity index (χ4v) is 3.22. The van der Waals surface area contributed by atoms with Crippen molar-refractivity contribution in [3.63, 3.8) is 0 Å². The molecular formula is C14H19N3O. The zero-order valence-electron chi connectivity index (χ0n) is 10.6. The van der Waals surface area contributed by atoms with Gasteiger partial charge in [0.25, 0.3) is 0 Å². The zero-order valence-corrected chi connectivity index (χ0v) is 10.6. The summed E-state index contributed by atoms with van der Waals surface area (Å²) < 4.78 is 0. The van der Waals surface area contributed by atoms with Gasteiger partial charge in [-0.1, -0.05) is 18.2 Å². The van der Waals surface area contributed by atoms with Gasteiger partial charge < -0.3 is 15.5 Å². The van der Waals surface area contributed by atoms with E-state index < -0.39 is 0 Å². The number of likely N-dealkylation sites (tertiary alicyclic amines) is 1. The normalized spacial score (nSPS) is 30.3. The maximum atomic E-state index is 12.4. The summed E-state index contributed by atoms with van der Waals surface area (Å²) in [6.45, 7) is 4.12. The van der Waals surface area contributed by atoms with Gasteiger partial charge in [0.15, 0.2) is 0 Å². The Morgan fingerprint density at radius 3 is 2.89 bits per heavy atom. The van der Waals surface area contributed by atoms with Gasteiger partial charge in [0.2, 0.25) is 0 Å². The van der Waals surface area contributed by atoms with Crippen LogP contribution >= 0.6 is 0 Å². The number of anilines is 1. The van der Waals surface area contributed by atoms with Crippen LogP contribution in [0.15, 0.2) is 30.3 Å². The van der Waals surface area contributed by atoms with Crippen LogP contribution in [0, 0.1) is 5.92 Å². The van der Waals surface area contributed by atoms with E-state index in [0.29, 0.717) is 18.0 Å². The van der Waals surface area contributed by atoms with Crippen LogP contribution in [0.3, 0.4) is 0 Å². The Hall–Kier alpha value is -1.55. The van der Waals surface area contributed by atoms with Gasteiger partial charge in [-0.05, 0) is 31.4 Å². The summed E-state index contributed by atoms with van der Waals surface area (Å²) in [7, 11) is 0. The molecule has 1 aromatic carbocycles. The molecule has 2 N–H and O–H groups in total. The van der Waals surface area contributed by atoms with Gasteiger partial charge in [-0.15, -0.1) is 0 Å². The predicted molar refractivity (Wildman–Crippen MR) is 71.5 cm³/mol. The van der Waals surface area contributed by atoms with Crippen molar-refractivity contribution >= 4 is 11.7 Å². The van der Waals surface area contributed by atoms with E-state index >= 15 is 0 Å². The number of amides is 2. The summed E-state index contributed by atoms with van der Waals surface area (Å²) in [5.74, 6) is 0.626. The van der Waals surface area contributed by atoms with E-state index in [1.165, 1.54) is 0 Å². The van der Waals surface area contributed by atoms with Crippen LogP contribution in [0.1, 0.15) is 13.3 Å².